The standard InChI is InChI=1S/C12H12ClIN2OS/c1-7-10(18-12(14)16-7)11(17)15-6-8-2-4-9(13)5-3-8/h2-5,7,10H,6H2,1H3,(H,15,17). The van der Waals surface area contributed by atoms with Crippen LogP contribution >= 0.6 is 46.0 Å². The first-order chi connectivity index (χ1) is 8.56. The van der Waals surface area contributed by atoms with Crippen LogP contribution in [0.25, 0.3) is 0 Å². The van der Waals surface area contributed by atoms with Crippen LogP contribution in [-0.4, -0.2) is 20.2 Å². The Morgan fingerprint density at radius 2 is 2.17 bits per heavy atom. The van der Waals surface area contributed by atoms with Gasteiger partial charge in [-0.3, -0.25) is 9.79 Å². The topological polar surface area (TPSA) is 41.5 Å². The lowest BCUT2D eigenvalue weighted by Gasteiger charge is -2.13. The largest absolute Gasteiger partial charge is 0.351 e. The smallest absolute Gasteiger partial charge is 0.236 e. The molecular formula is C12H12ClIN2OS. The number of hydrogen-bond donors (Lipinski definition) is 1. The van der Waals surface area contributed by atoms with Crippen LogP contribution in [0.5, 0.6) is 0 Å². The molecule has 0 aromatic heterocycles. The number of halogens is 2. The lowest BCUT2D eigenvalue weighted by Crippen LogP contribution is -2.36. The van der Waals surface area contributed by atoms with Crippen molar-refractivity contribution in [3.63, 3.8) is 0 Å². The fourth-order valence-corrected chi connectivity index (χ4v) is 3.90. The zero-order valence-corrected chi connectivity index (χ0v) is 13.4. The van der Waals surface area contributed by atoms with E-state index in [2.05, 4.69) is 32.9 Å². The van der Waals surface area contributed by atoms with Gasteiger partial charge in [0.25, 0.3) is 0 Å². The zero-order chi connectivity index (χ0) is 13.1. The van der Waals surface area contributed by atoms with Crippen LogP contribution in [0.15, 0.2) is 29.3 Å². The van der Waals surface area contributed by atoms with E-state index >= 15 is 0 Å². The van der Waals surface area contributed by atoms with Crippen molar-refractivity contribution in [2.45, 2.75) is 24.8 Å². The van der Waals surface area contributed by atoms with E-state index in [9.17, 15) is 4.79 Å². The monoisotopic (exact) mass is 394 g/mol. The van der Waals surface area contributed by atoms with Gasteiger partial charge < -0.3 is 5.32 Å². The quantitative estimate of drug-likeness (QED) is 0.800. The highest BCUT2D eigenvalue weighted by atomic mass is 127. The summed E-state index contributed by atoms with van der Waals surface area (Å²) in [4.78, 5) is 16.4. The average Bonchev–Trinajstić information content (AvgIpc) is 2.67. The maximum Gasteiger partial charge on any atom is 0.236 e. The SMILES string of the molecule is CC1N=C(I)SC1C(=O)NCc1ccc(Cl)cc1. The van der Waals surface area contributed by atoms with Crippen molar-refractivity contribution >= 4 is 54.9 Å². The second-order valence-electron chi connectivity index (χ2n) is 4.01. The van der Waals surface area contributed by atoms with Gasteiger partial charge in [-0.15, -0.1) is 0 Å². The van der Waals surface area contributed by atoms with Gasteiger partial charge >= 0.3 is 0 Å². The molecule has 96 valence electrons. The van der Waals surface area contributed by atoms with Crippen molar-refractivity contribution in [3.8, 4) is 0 Å². The molecule has 0 aliphatic carbocycles. The highest BCUT2D eigenvalue weighted by molar-refractivity contribution is 14.1. The van der Waals surface area contributed by atoms with Gasteiger partial charge in [-0.2, -0.15) is 0 Å². The first kappa shape index (κ1) is 14.1. The highest BCUT2D eigenvalue weighted by Crippen LogP contribution is 2.30. The lowest BCUT2D eigenvalue weighted by molar-refractivity contribution is -0.120. The molecule has 1 aliphatic rings. The number of carbonyl (C=O) groups is 1. The Morgan fingerprint density at radius 3 is 2.72 bits per heavy atom. The molecule has 2 rings (SSSR count). The summed E-state index contributed by atoms with van der Waals surface area (Å²) in [6.45, 7) is 2.49. The van der Waals surface area contributed by atoms with Crippen LogP contribution in [0, 0.1) is 0 Å². The molecule has 1 heterocycles. The number of nitrogens with zero attached hydrogens (tertiary/aromatic N) is 1. The Labute approximate surface area is 129 Å². The van der Waals surface area contributed by atoms with Crippen LogP contribution in [0.3, 0.4) is 0 Å². The second-order valence-corrected chi connectivity index (χ2v) is 7.33. The van der Waals surface area contributed by atoms with E-state index in [1.807, 2.05) is 31.2 Å². The van der Waals surface area contributed by atoms with Gasteiger partial charge in [-0.25, -0.2) is 0 Å². The van der Waals surface area contributed by atoms with Crippen molar-refractivity contribution in [1.29, 1.82) is 0 Å². The van der Waals surface area contributed by atoms with Crippen LogP contribution in [0.1, 0.15) is 12.5 Å². The van der Waals surface area contributed by atoms with E-state index < -0.39 is 0 Å². The minimum absolute atomic E-state index is 0.0397. The summed E-state index contributed by atoms with van der Waals surface area (Å²) < 4.78 is 0.951. The highest BCUT2D eigenvalue weighted by Gasteiger charge is 2.31. The first-order valence-electron chi connectivity index (χ1n) is 5.48. The maximum atomic E-state index is 12.0. The summed E-state index contributed by atoms with van der Waals surface area (Å²) in [5.74, 6) is 0.0397. The van der Waals surface area contributed by atoms with Gasteiger partial charge in [0.05, 0.1) is 6.04 Å². The number of nitrogens with one attached hydrogen (secondary N) is 1. The molecular weight excluding hydrogens is 383 g/mol. The molecule has 1 aliphatic heterocycles. The van der Waals surface area contributed by atoms with E-state index in [1.54, 1.807) is 0 Å². The van der Waals surface area contributed by atoms with Gasteiger partial charge in [0.15, 0.2) is 0 Å². The van der Waals surface area contributed by atoms with Crippen LogP contribution < -0.4 is 5.32 Å². The third-order valence-corrected chi connectivity index (χ3v) is 5.06. The van der Waals surface area contributed by atoms with Gasteiger partial charge in [0.1, 0.15) is 8.30 Å². The van der Waals surface area contributed by atoms with E-state index in [1.165, 1.54) is 11.8 Å². The predicted octanol–water partition coefficient (Wildman–Crippen LogP) is 3.25. The molecule has 0 spiro atoms. The molecule has 1 aromatic carbocycles. The van der Waals surface area contributed by atoms with Crippen LogP contribution in [0.2, 0.25) is 5.02 Å². The summed E-state index contributed by atoms with van der Waals surface area (Å²) in [7, 11) is 0. The second kappa shape index (κ2) is 6.25. The van der Waals surface area contributed by atoms with Crippen molar-refractivity contribution in [1.82, 2.24) is 5.32 Å². The number of amides is 1. The Morgan fingerprint density at radius 1 is 1.50 bits per heavy atom. The summed E-state index contributed by atoms with van der Waals surface area (Å²) in [5, 5.41) is 3.53. The van der Waals surface area contributed by atoms with Crippen molar-refractivity contribution < 1.29 is 4.79 Å². The number of thioether (sulfide) groups is 1. The first-order valence-corrected chi connectivity index (χ1v) is 7.82. The van der Waals surface area contributed by atoms with E-state index in [0.29, 0.717) is 11.6 Å². The van der Waals surface area contributed by atoms with Gasteiger partial charge in [-0.1, -0.05) is 35.5 Å². The Bertz CT molecular complexity index is 477. The molecule has 2 atom stereocenters. The number of aliphatic imine (C=N–C) groups is 1. The average molecular weight is 395 g/mol. The van der Waals surface area contributed by atoms with E-state index in [4.69, 9.17) is 11.6 Å². The molecule has 0 saturated carbocycles. The summed E-state index contributed by atoms with van der Waals surface area (Å²) in [6, 6.07) is 7.51. The molecule has 3 nitrogen and oxygen atoms in total. The van der Waals surface area contributed by atoms with Crippen LogP contribution in [-0.2, 0) is 11.3 Å². The Balaban J connectivity index is 1.87. The predicted molar refractivity (Wildman–Crippen MR) is 85.6 cm³/mol. The Kier molecular flexibility index (Phi) is 4.91. The molecule has 0 saturated heterocycles. The van der Waals surface area contributed by atoms with E-state index in [0.717, 1.165) is 8.61 Å². The zero-order valence-electron chi connectivity index (χ0n) is 9.69. The Hall–Kier alpha value is -0.270. The summed E-state index contributed by atoms with van der Waals surface area (Å²) in [5.41, 5.74) is 1.04. The van der Waals surface area contributed by atoms with Crippen molar-refractivity contribution in [3.05, 3.63) is 34.9 Å². The fourth-order valence-electron chi connectivity index (χ4n) is 1.63. The molecule has 2 unspecified atom stereocenters. The van der Waals surface area contributed by atoms with Gasteiger partial charge in [-0.05, 0) is 47.2 Å². The normalized spacial score (nSPS) is 22.7. The minimum atomic E-state index is -0.107. The summed E-state index contributed by atoms with van der Waals surface area (Å²) >= 11 is 9.49. The third kappa shape index (κ3) is 3.61. The molecule has 18 heavy (non-hydrogen) atoms. The van der Waals surface area contributed by atoms with Gasteiger partial charge in [0.2, 0.25) is 5.91 Å². The molecule has 0 bridgehead atoms. The van der Waals surface area contributed by atoms with E-state index in [-0.39, 0.29) is 17.2 Å². The molecule has 0 fully saturated rings. The minimum Gasteiger partial charge on any atom is -0.351 e. The fraction of sp³-hybridized carbons (Fsp3) is 0.333. The third-order valence-electron chi connectivity index (χ3n) is 2.61. The summed E-state index contributed by atoms with van der Waals surface area (Å²) in [6.07, 6.45) is 0. The molecule has 1 aromatic rings. The number of carbonyl (C=O) groups excluding carboxylic acids is 1. The van der Waals surface area contributed by atoms with Gasteiger partial charge in [0, 0.05) is 11.6 Å². The molecule has 1 amide bonds. The number of rotatable bonds is 3. The van der Waals surface area contributed by atoms with Crippen molar-refractivity contribution in [2.75, 3.05) is 0 Å². The molecule has 1 N–H and O–H groups in total. The van der Waals surface area contributed by atoms with Crippen LogP contribution in [0.4, 0.5) is 0 Å². The molecule has 6 heteroatoms. The maximum absolute atomic E-state index is 12.0. The van der Waals surface area contributed by atoms with Crippen molar-refractivity contribution in [2.24, 2.45) is 4.99 Å². The molecule has 0 radical (unpaired) electrons. The number of benzene rings is 1. The number of hydrogen-bond acceptors (Lipinski definition) is 3. The lowest BCUT2D eigenvalue weighted by atomic mass is 10.2.